The fourth-order valence-electron chi connectivity index (χ4n) is 1.37. The lowest BCUT2D eigenvalue weighted by molar-refractivity contribution is -0.138. The van der Waals surface area contributed by atoms with Crippen LogP contribution in [0.25, 0.3) is 6.08 Å². The summed E-state index contributed by atoms with van der Waals surface area (Å²) in [6, 6.07) is 6.33. The van der Waals surface area contributed by atoms with E-state index in [1.165, 1.54) is 12.1 Å². The summed E-state index contributed by atoms with van der Waals surface area (Å²) in [6.07, 6.45) is 2.81. The van der Waals surface area contributed by atoms with E-state index in [2.05, 4.69) is 0 Å². The van der Waals surface area contributed by atoms with Crippen LogP contribution in [0.4, 0.5) is 0 Å². The van der Waals surface area contributed by atoms with Crippen molar-refractivity contribution in [2.24, 2.45) is 0 Å². The van der Waals surface area contributed by atoms with Crippen molar-refractivity contribution in [1.29, 1.82) is 0 Å². The second-order valence-corrected chi connectivity index (χ2v) is 5.90. The predicted octanol–water partition coefficient (Wildman–Crippen LogP) is 2.06. The van der Waals surface area contributed by atoms with Gasteiger partial charge in [0.25, 0.3) is 0 Å². The summed E-state index contributed by atoms with van der Waals surface area (Å²) in [7, 11) is -3.19. The van der Waals surface area contributed by atoms with Crippen LogP contribution in [0.3, 0.4) is 0 Å². The van der Waals surface area contributed by atoms with Crippen molar-refractivity contribution in [3.63, 3.8) is 0 Å². The standard InChI is InChI=1S/C13H16O4S/c1-4-17-13(14)10(2)9-11-5-7-12(8-6-11)18(3,15)16/h5-9H,4H2,1-3H3/b10-9+. The van der Waals surface area contributed by atoms with Crippen LogP contribution < -0.4 is 0 Å². The summed E-state index contributed by atoms with van der Waals surface area (Å²) in [5.74, 6) is -0.371. The van der Waals surface area contributed by atoms with E-state index >= 15 is 0 Å². The van der Waals surface area contributed by atoms with Crippen LogP contribution in [0.15, 0.2) is 34.7 Å². The molecule has 0 aliphatic carbocycles. The normalized spacial score (nSPS) is 12.3. The van der Waals surface area contributed by atoms with E-state index in [0.717, 1.165) is 11.8 Å². The molecule has 0 saturated carbocycles. The minimum Gasteiger partial charge on any atom is -0.463 e. The first-order valence-electron chi connectivity index (χ1n) is 5.50. The van der Waals surface area contributed by atoms with Crippen molar-refractivity contribution in [1.82, 2.24) is 0 Å². The topological polar surface area (TPSA) is 60.4 Å². The molecule has 0 amide bonds. The third kappa shape index (κ3) is 4.00. The van der Waals surface area contributed by atoms with Gasteiger partial charge in [0, 0.05) is 11.8 Å². The van der Waals surface area contributed by atoms with Crippen LogP contribution in [0, 0.1) is 0 Å². The molecule has 1 rings (SSSR count). The SMILES string of the molecule is CCOC(=O)/C(C)=C/c1ccc(S(C)(=O)=O)cc1. The molecule has 1 aromatic carbocycles. The molecule has 0 heterocycles. The van der Waals surface area contributed by atoms with Gasteiger partial charge in [0.05, 0.1) is 11.5 Å². The van der Waals surface area contributed by atoms with Crippen LogP contribution >= 0.6 is 0 Å². The Kier molecular flexibility index (Phi) is 4.67. The maximum atomic E-state index is 11.4. The zero-order chi connectivity index (χ0) is 13.8. The quantitative estimate of drug-likeness (QED) is 0.619. The Hall–Kier alpha value is -1.62. The monoisotopic (exact) mass is 268 g/mol. The van der Waals surface area contributed by atoms with Gasteiger partial charge in [-0.2, -0.15) is 0 Å². The molecular weight excluding hydrogens is 252 g/mol. The third-order valence-electron chi connectivity index (χ3n) is 2.29. The van der Waals surface area contributed by atoms with E-state index in [1.54, 1.807) is 32.1 Å². The van der Waals surface area contributed by atoms with Gasteiger partial charge in [-0.15, -0.1) is 0 Å². The summed E-state index contributed by atoms with van der Waals surface area (Å²) in [4.78, 5) is 11.6. The second kappa shape index (κ2) is 5.82. The van der Waals surface area contributed by atoms with Gasteiger partial charge in [-0.3, -0.25) is 0 Å². The lowest BCUT2D eigenvalue weighted by Gasteiger charge is -2.02. The highest BCUT2D eigenvalue weighted by Gasteiger charge is 2.07. The average Bonchev–Trinajstić information content (AvgIpc) is 2.28. The minimum absolute atomic E-state index is 0.258. The molecule has 0 fully saturated rings. The van der Waals surface area contributed by atoms with Gasteiger partial charge >= 0.3 is 5.97 Å². The molecule has 1 aromatic rings. The number of esters is 1. The number of carbonyl (C=O) groups is 1. The number of hydrogen-bond acceptors (Lipinski definition) is 4. The molecule has 0 radical (unpaired) electrons. The average molecular weight is 268 g/mol. The van der Waals surface area contributed by atoms with Crippen molar-refractivity contribution in [3.05, 3.63) is 35.4 Å². The fraction of sp³-hybridized carbons (Fsp3) is 0.308. The number of rotatable bonds is 4. The third-order valence-corrected chi connectivity index (χ3v) is 3.42. The lowest BCUT2D eigenvalue weighted by atomic mass is 10.1. The number of sulfone groups is 1. The molecule has 0 unspecified atom stereocenters. The highest BCUT2D eigenvalue weighted by atomic mass is 32.2. The number of hydrogen-bond donors (Lipinski definition) is 0. The molecule has 0 N–H and O–H groups in total. The Labute approximate surface area is 107 Å². The van der Waals surface area contributed by atoms with Gasteiger partial charge in [-0.1, -0.05) is 12.1 Å². The Balaban J connectivity index is 2.93. The lowest BCUT2D eigenvalue weighted by Crippen LogP contribution is -2.04. The van der Waals surface area contributed by atoms with Gasteiger partial charge in [0.15, 0.2) is 9.84 Å². The number of ether oxygens (including phenoxy) is 1. The smallest absolute Gasteiger partial charge is 0.333 e. The molecule has 0 saturated heterocycles. The first kappa shape index (κ1) is 14.4. The largest absolute Gasteiger partial charge is 0.463 e. The summed E-state index contributed by atoms with van der Waals surface area (Å²) in [6.45, 7) is 3.73. The Morgan fingerprint density at radius 2 is 1.83 bits per heavy atom. The fourth-order valence-corrected chi connectivity index (χ4v) is 2.00. The molecule has 0 aliphatic rings. The van der Waals surface area contributed by atoms with Gasteiger partial charge in [0.2, 0.25) is 0 Å². The van der Waals surface area contributed by atoms with E-state index in [-0.39, 0.29) is 10.9 Å². The maximum Gasteiger partial charge on any atom is 0.333 e. The molecule has 0 atom stereocenters. The predicted molar refractivity (Wildman–Crippen MR) is 69.8 cm³/mol. The Morgan fingerprint density at radius 3 is 2.28 bits per heavy atom. The van der Waals surface area contributed by atoms with Crippen molar-refractivity contribution in [2.45, 2.75) is 18.7 Å². The van der Waals surface area contributed by atoms with E-state index in [9.17, 15) is 13.2 Å². The summed E-state index contributed by atoms with van der Waals surface area (Å²) in [5.41, 5.74) is 1.23. The Morgan fingerprint density at radius 1 is 1.28 bits per heavy atom. The molecule has 4 nitrogen and oxygen atoms in total. The summed E-state index contributed by atoms with van der Waals surface area (Å²) in [5, 5.41) is 0. The van der Waals surface area contributed by atoms with Crippen LogP contribution in [0.2, 0.25) is 0 Å². The van der Waals surface area contributed by atoms with Crippen molar-refractivity contribution in [2.75, 3.05) is 12.9 Å². The highest BCUT2D eigenvalue weighted by Crippen LogP contribution is 2.13. The molecule has 18 heavy (non-hydrogen) atoms. The zero-order valence-electron chi connectivity index (χ0n) is 10.6. The molecule has 98 valence electrons. The number of carbonyl (C=O) groups excluding carboxylic acids is 1. The van der Waals surface area contributed by atoms with Crippen LogP contribution in [0.5, 0.6) is 0 Å². The van der Waals surface area contributed by atoms with E-state index in [0.29, 0.717) is 12.2 Å². The minimum atomic E-state index is -3.19. The maximum absolute atomic E-state index is 11.4. The van der Waals surface area contributed by atoms with Gasteiger partial charge in [-0.05, 0) is 37.6 Å². The van der Waals surface area contributed by atoms with E-state index in [4.69, 9.17) is 4.74 Å². The van der Waals surface area contributed by atoms with Gasteiger partial charge in [-0.25, -0.2) is 13.2 Å². The van der Waals surface area contributed by atoms with Crippen LogP contribution in [0.1, 0.15) is 19.4 Å². The van der Waals surface area contributed by atoms with Gasteiger partial charge < -0.3 is 4.74 Å². The van der Waals surface area contributed by atoms with Crippen LogP contribution in [-0.4, -0.2) is 27.2 Å². The van der Waals surface area contributed by atoms with Gasteiger partial charge in [0.1, 0.15) is 0 Å². The number of benzene rings is 1. The van der Waals surface area contributed by atoms with Crippen molar-refractivity contribution >= 4 is 21.9 Å². The summed E-state index contributed by atoms with van der Waals surface area (Å²) < 4.78 is 27.4. The molecule has 5 heteroatoms. The summed E-state index contributed by atoms with van der Waals surface area (Å²) >= 11 is 0. The molecular formula is C13H16O4S. The highest BCUT2D eigenvalue weighted by molar-refractivity contribution is 7.90. The van der Waals surface area contributed by atoms with E-state index in [1.807, 2.05) is 0 Å². The van der Waals surface area contributed by atoms with E-state index < -0.39 is 9.84 Å². The molecule has 0 spiro atoms. The van der Waals surface area contributed by atoms with Crippen LogP contribution in [-0.2, 0) is 19.4 Å². The first-order chi connectivity index (χ1) is 8.34. The first-order valence-corrected chi connectivity index (χ1v) is 7.39. The second-order valence-electron chi connectivity index (χ2n) is 3.89. The molecule has 0 aliphatic heterocycles. The Bertz CT molecular complexity index is 553. The zero-order valence-corrected chi connectivity index (χ0v) is 11.5. The molecule has 0 aromatic heterocycles. The van der Waals surface area contributed by atoms with Crippen molar-refractivity contribution < 1.29 is 17.9 Å². The van der Waals surface area contributed by atoms with Crippen molar-refractivity contribution in [3.8, 4) is 0 Å². The molecule has 0 bridgehead atoms.